The van der Waals surface area contributed by atoms with Crippen molar-refractivity contribution in [3.63, 3.8) is 0 Å². The highest BCUT2D eigenvalue weighted by molar-refractivity contribution is 5.91. The summed E-state index contributed by atoms with van der Waals surface area (Å²) in [5.74, 6) is 0. The van der Waals surface area contributed by atoms with Crippen LogP contribution in [0.25, 0.3) is 22.4 Å². The quantitative estimate of drug-likeness (QED) is 0.640. The van der Waals surface area contributed by atoms with E-state index in [2.05, 4.69) is 15.0 Å². The lowest BCUT2D eigenvalue weighted by molar-refractivity contribution is -0.137. The normalized spacial score (nSPS) is 16.1. The van der Waals surface area contributed by atoms with Crippen molar-refractivity contribution >= 4 is 16.8 Å². The summed E-state index contributed by atoms with van der Waals surface area (Å²) in [5, 5.41) is 4.01. The molecule has 0 bridgehead atoms. The second kappa shape index (κ2) is 7.09. The summed E-state index contributed by atoms with van der Waals surface area (Å²) in [6.45, 7) is 3.30. The summed E-state index contributed by atoms with van der Waals surface area (Å²) in [5.41, 5.74) is 2.71. The Morgan fingerprint density at radius 2 is 1.93 bits per heavy atom. The number of benzene rings is 1. The van der Waals surface area contributed by atoms with Crippen LogP contribution in [0.2, 0.25) is 0 Å². The van der Waals surface area contributed by atoms with Gasteiger partial charge in [0.1, 0.15) is 11.2 Å². The maximum absolute atomic E-state index is 13.1. The first kappa shape index (κ1) is 18.7. The third-order valence-corrected chi connectivity index (χ3v) is 5.17. The van der Waals surface area contributed by atoms with Crippen LogP contribution in [0, 0.1) is 6.92 Å². The van der Waals surface area contributed by atoms with Gasteiger partial charge in [0.2, 0.25) is 5.58 Å². The van der Waals surface area contributed by atoms with Crippen LogP contribution in [-0.4, -0.2) is 36.4 Å². The van der Waals surface area contributed by atoms with Gasteiger partial charge in [0.05, 0.1) is 23.0 Å². The summed E-state index contributed by atoms with van der Waals surface area (Å²) in [6.07, 6.45) is -2.45. The van der Waals surface area contributed by atoms with Crippen molar-refractivity contribution in [2.24, 2.45) is 0 Å². The van der Waals surface area contributed by atoms with Gasteiger partial charge in [0.25, 0.3) is 0 Å². The van der Waals surface area contributed by atoms with E-state index in [-0.39, 0.29) is 6.10 Å². The fourth-order valence-electron chi connectivity index (χ4n) is 3.58. The van der Waals surface area contributed by atoms with Gasteiger partial charge in [-0.2, -0.15) is 13.2 Å². The first-order chi connectivity index (χ1) is 13.4. The largest absolute Gasteiger partial charge is 0.416 e. The first-order valence-electron chi connectivity index (χ1n) is 9.09. The van der Waals surface area contributed by atoms with E-state index in [4.69, 9.17) is 9.26 Å². The lowest BCUT2D eigenvalue weighted by atomic mass is 10.0. The highest BCUT2D eigenvalue weighted by Crippen LogP contribution is 2.36. The Kier molecular flexibility index (Phi) is 4.74. The van der Waals surface area contributed by atoms with E-state index < -0.39 is 11.7 Å². The summed E-state index contributed by atoms with van der Waals surface area (Å²) in [4.78, 5) is 6.69. The number of fused-ring (bicyclic) bond motifs is 1. The van der Waals surface area contributed by atoms with Crippen molar-refractivity contribution in [3.8, 4) is 11.3 Å². The van der Waals surface area contributed by atoms with Crippen molar-refractivity contribution in [1.29, 1.82) is 0 Å². The summed E-state index contributed by atoms with van der Waals surface area (Å²) in [7, 11) is 1.70. The molecule has 0 N–H and O–H groups in total. The van der Waals surface area contributed by atoms with Gasteiger partial charge < -0.3 is 14.2 Å². The third-order valence-electron chi connectivity index (χ3n) is 5.17. The number of aryl methyl sites for hydroxylation is 1. The number of nitrogens with zero attached hydrogens (tertiary/aromatic N) is 3. The molecule has 1 aromatic carbocycles. The van der Waals surface area contributed by atoms with Crippen molar-refractivity contribution in [2.45, 2.75) is 32.0 Å². The fraction of sp³-hybridized carbons (Fsp3) is 0.400. The predicted molar refractivity (Wildman–Crippen MR) is 99.2 cm³/mol. The minimum Gasteiger partial charge on any atom is -0.381 e. The summed E-state index contributed by atoms with van der Waals surface area (Å²) in [6, 6.07) is 7.00. The minimum absolute atomic E-state index is 0.216. The van der Waals surface area contributed by atoms with Crippen LogP contribution in [0.15, 0.2) is 34.9 Å². The third kappa shape index (κ3) is 3.44. The molecule has 8 heteroatoms. The molecule has 0 spiro atoms. The number of pyridine rings is 1. The Bertz CT molecular complexity index is 992. The molecule has 0 saturated carbocycles. The summed E-state index contributed by atoms with van der Waals surface area (Å²) >= 11 is 0. The van der Waals surface area contributed by atoms with E-state index in [1.54, 1.807) is 26.2 Å². The molecule has 0 amide bonds. The molecule has 3 heterocycles. The topological polar surface area (TPSA) is 51.4 Å². The molecule has 148 valence electrons. The van der Waals surface area contributed by atoms with Gasteiger partial charge in [-0.3, -0.25) is 0 Å². The van der Waals surface area contributed by atoms with Crippen molar-refractivity contribution in [1.82, 2.24) is 10.1 Å². The van der Waals surface area contributed by atoms with Crippen LogP contribution in [-0.2, 0) is 10.9 Å². The van der Waals surface area contributed by atoms with E-state index in [9.17, 15) is 13.2 Å². The average Bonchev–Trinajstić information content (AvgIpc) is 3.08. The zero-order valence-corrected chi connectivity index (χ0v) is 15.6. The molecule has 1 fully saturated rings. The molecule has 1 saturated heterocycles. The second-order valence-electron chi connectivity index (χ2n) is 6.97. The monoisotopic (exact) mass is 391 g/mol. The molecule has 1 aliphatic heterocycles. The number of halogens is 3. The Labute approximate surface area is 160 Å². The molecule has 28 heavy (non-hydrogen) atoms. The van der Waals surface area contributed by atoms with Crippen LogP contribution in [0.3, 0.4) is 0 Å². The SMILES string of the molecule is COC1CCN(c2cc(-c3cccc(C(F)(F)F)c3)nc3c(C)noc23)CC1. The van der Waals surface area contributed by atoms with E-state index in [0.29, 0.717) is 28.1 Å². The molecule has 5 nitrogen and oxygen atoms in total. The zero-order valence-electron chi connectivity index (χ0n) is 15.6. The van der Waals surface area contributed by atoms with Crippen LogP contribution >= 0.6 is 0 Å². The maximum Gasteiger partial charge on any atom is 0.416 e. The van der Waals surface area contributed by atoms with Crippen molar-refractivity contribution < 1.29 is 22.4 Å². The second-order valence-corrected chi connectivity index (χ2v) is 6.97. The molecule has 2 aromatic heterocycles. The highest BCUT2D eigenvalue weighted by Gasteiger charge is 2.31. The number of alkyl halides is 3. The molecule has 0 radical (unpaired) electrons. The minimum atomic E-state index is -4.40. The maximum atomic E-state index is 13.1. The average molecular weight is 391 g/mol. The van der Waals surface area contributed by atoms with Crippen LogP contribution < -0.4 is 4.90 Å². The number of ether oxygens (including phenoxy) is 1. The number of piperidine rings is 1. The number of anilines is 1. The number of rotatable bonds is 3. The fourth-order valence-corrected chi connectivity index (χ4v) is 3.58. The van der Waals surface area contributed by atoms with Gasteiger partial charge in [-0.15, -0.1) is 0 Å². The number of hydrogen-bond acceptors (Lipinski definition) is 5. The van der Waals surface area contributed by atoms with E-state index >= 15 is 0 Å². The summed E-state index contributed by atoms with van der Waals surface area (Å²) < 4.78 is 50.3. The number of methoxy groups -OCH3 is 1. The predicted octanol–water partition coefficient (Wildman–Crippen LogP) is 4.83. The molecule has 0 atom stereocenters. The van der Waals surface area contributed by atoms with Crippen LogP contribution in [0.4, 0.5) is 18.9 Å². The van der Waals surface area contributed by atoms with Crippen LogP contribution in [0.1, 0.15) is 24.1 Å². The van der Waals surface area contributed by atoms with Gasteiger partial charge in [-0.05, 0) is 38.0 Å². The smallest absolute Gasteiger partial charge is 0.381 e. The standard InChI is InChI=1S/C20H20F3N3O2/c1-12-18-19(28-25-12)17(26-8-6-15(27-2)7-9-26)11-16(24-18)13-4-3-5-14(10-13)20(21,22)23/h3-5,10-11,15H,6-9H2,1-2H3. The van der Waals surface area contributed by atoms with Crippen molar-refractivity contribution in [3.05, 3.63) is 41.6 Å². The van der Waals surface area contributed by atoms with Gasteiger partial charge in [-0.25, -0.2) is 4.98 Å². The highest BCUT2D eigenvalue weighted by atomic mass is 19.4. The van der Waals surface area contributed by atoms with E-state index in [1.807, 2.05) is 0 Å². The van der Waals surface area contributed by atoms with Gasteiger partial charge >= 0.3 is 6.18 Å². The van der Waals surface area contributed by atoms with E-state index in [1.165, 1.54) is 6.07 Å². The molecular weight excluding hydrogens is 371 g/mol. The molecular formula is C20H20F3N3O2. The van der Waals surface area contributed by atoms with E-state index in [0.717, 1.165) is 43.8 Å². The Morgan fingerprint density at radius 1 is 1.18 bits per heavy atom. The molecule has 0 aliphatic carbocycles. The molecule has 3 aromatic rings. The zero-order chi connectivity index (χ0) is 19.9. The first-order valence-corrected chi connectivity index (χ1v) is 9.09. The lowest BCUT2D eigenvalue weighted by Crippen LogP contribution is -2.36. The molecule has 1 aliphatic rings. The lowest BCUT2D eigenvalue weighted by Gasteiger charge is -2.32. The Balaban J connectivity index is 1.80. The van der Waals surface area contributed by atoms with Crippen molar-refractivity contribution in [2.75, 3.05) is 25.1 Å². The molecule has 4 rings (SSSR count). The van der Waals surface area contributed by atoms with Gasteiger partial charge in [0.15, 0.2) is 0 Å². The molecule has 0 unspecified atom stereocenters. The Morgan fingerprint density at radius 3 is 2.61 bits per heavy atom. The van der Waals surface area contributed by atoms with Gasteiger partial charge in [-0.1, -0.05) is 17.3 Å². The number of aromatic nitrogens is 2. The Hall–Kier alpha value is -2.61. The number of hydrogen-bond donors (Lipinski definition) is 0. The van der Waals surface area contributed by atoms with Crippen LogP contribution in [0.5, 0.6) is 0 Å². The van der Waals surface area contributed by atoms with Gasteiger partial charge in [0, 0.05) is 25.8 Å².